The summed E-state index contributed by atoms with van der Waals surface area (Å²) in [7, 11) is 1.48. The first kappa shape index (κ1) is 13.3. The molecule has 1 aliphatic rings. The summed E-state index contributed by atoms with van der Waals surface area (Å²) in [5.74, 6) is 5.82. The van der Waals surface area contributed by atoms with Gasteiger partial charge in [0.25, 0.3) is 5.91 Å². The zero-order valence-electron chi connectivity index (χ0n) is 11.4. The van der Waals surface area contributed by atoms with Gasteiger partial charge in [0.05, 0.1) is 6.20 Å². The Morgan fingerprint density at radius 1 is 1.43 bits per heavy atom. The lowest BCUT2D eigenvalue weighted by atomic mass is 10.0. The number of nitrogens with two attached hydrogens (primary N) is 1. The van der Waals surface area contributed by atoms with Crippen LogP contribution in [0, 0.1) is 0 Å². The molecule has 1 atom stereocenters. The van der Waals surface area contributed by atoms with Crippen molar-refractivity contribution in [3.63, 3.8) is 0 Å². The molecule has 1 fully saturated rings. The van der Waals surface area contributed by atoms with Gasteiger partial charge in [-0.2, -0.15) is 0 Å². The number of imidazole rings is 1. The maximum Gasteiger partial charge on any atom is 0.251 e. The molecule has 2 amide bonds. The topological polar surface area (TPSA) is 118 Å². The lowest BCUT2D eigenvalue weighted by Gasteiger charge is -2.28. The van der Waals surface area contributed by atoms with Crippen molar-refractivity contribution in [1.82, 2.24) is 19.3 Å². The van der Waals surface area contributed by atoms with Gasteiger partial charge in [-0.1, -0.05) is 0 Å². The number of amides is 2. The summed E-state index contributed by atoms with van der Waals surface area (Å²) in [5.41, 5.74) is 3.05. The maximum absolute atomic E-state index is 12.1. The predicted molar refractivity (Wildman–Crippen MR) is 75.2 cm³/mol. The standard InChI is InChI=1S/C12H15N7O2/c1-18-9(20)3-2-7(12(18)21)15-10-11-14-4-5-19(11)6-8(16-10)17-13/h4-7,17H,2-3,13H2,1H3,(H,15,16). The van der Waals surface area contributed by atoms with Crippen molar-refractivity contribution in [2.45, 2.75) is 18.9 Å². The molecule has 0 spiro atoms. The van der Waals surface area contributed by atoms with E-state index >= 15 is 0 Å². The number of fused-ring (bicyclic) bond motifs is 1. The molecule has 0 saturated carbocycles. The van der Waals surface area contributed by atoms with Gasteiger partial charge in [0.15, 0.2) is 17.3 Å². The zero-order chi connectivity index (χ0) is 15.0. The van der Waals surface area contributed by atoms with Gasteiger partial charge in [0.2, 0.25) is 5.91 Å². The Hall–Kier alpha value is -2.68. The van der Waals surface area contributed by atoms with Gasteiger partial charge in [0.1, 0.15) is 6.04 Å². The number of hydrogen-bond acceptors (Lipinski definition) is 7. The van der Waals surface area contributed by atoms with Crippen LogP contribution in [0.2, 0.25) is 0 Å². The van der Waals surface area contributed by atoms with Gasteiger partial charge in [0, 0.05) is 25.9 Å². The van der Waals surface area contributed by atoms with Crippen molar-refractivity contribution in [2.75, 3.05) is 17.8 Å². The van der Waals surface area contributed by atoms with Crippen LogP contribution in [-0.4, -0.2) is 44.2 Å². The second-order valence-electron chi connectivity index (χ2n) is 4.80. The Bertz CT molecular complexity index is 711. The molecule has 110 valence electrons. The van der Waals surface area contributed by atoms with E-state index in [1.165, 1.54) is 7.05 Å². The van der Waals surface area contributed by atoms with Crippen LogP contribution in [0.15, 0.2) is 18.6 Å². The monoisotopic (exact) mass is 289 g/mol. The first-order valence-electron chi connectivity index (χ1n) is 6.47. The second-order valence-corrected chi connectivity index (χ2v) is 4.80. The summed E-state index contributed by atoms with van der Waals surface area (Å²) in [6.45, 7) is 0. The summed E-state index contributed by atoms with van der Waals surface area (Å²) in [5, 5.41) is 3.05. The van der Waals surface area contributed by atoms with Crippen LogP contribution in [0.5, 0.6) is 0 Å². The van der Waals surface area contributed by atoms with E-state index in [4.69, 9.17) is 5.84 Å². The Morgan fingerprint density at radius 2 is 2.24 bits per heavy atom. The third-order valence-corrected chi connectivity index (χ3v) is 3.48. The number of rotatable bonds is 3. The number of piperidine rings is 1. The van der Waals surface area contributed by atoms with E-state index in [-0.39, 0.29) is 11.8 Å². The molecule has 9 heteroatoms. The van der Waals surface area contributed by atoms with Crippen LogP contribution >= 0.6 is 0 Å². The third-order valence-electron chi connectivity index (χ3n) is 3.48. The SMILES string of the molecule is CN1C(=O)CCC(Nc2nc(NN)cn3ccnc23)C1=O. The molecule has 1 aliphatic heterocycles. The molecule has 21 heavy (non-hydrogen) atoms. The molecule has 0 radical (unpaired) electrons. The first-order chi connectivity index (χ1) is 10.1. The van der Waals surface area contributed by atoms with E-state index in [0.29, 0.717) is 30.1 Å². The van der Waals surface area contributed by atoms with E-state index in [2.05, 4.69) is 20.7 Å². The van der Waals surface area contributed by atoms with Crippen LogP contribution in [0.1, 0.15) is 12.8 Å². The number of nitrogens with zero attached hydrogens (tertiary/aromatic N) is 4. The van der Waals surface area contributed by atoms with Crippen LogP contribution in [-0.2, 0) is 9.59 Å². The molecule has 2 aromatic rings. The van der Waals surface area contributed by atoms with Crippen molar-refractivity contribution in [1.29, 1.82) is 0 Å². The second kappa shape index (κ2) is 5.02. The van der Waals surface area contributed by atoms with Gasteiger partial charge >= 0.3 is 0 Å². The minimum atomic E-state index is -0.506. The van der Waals surface area contributed by atoms with Crippen LogP contribution in [0.3, 0.4) is 0 Å². The van der Waals surface area contributed by atoms with E-state index in [1.807, 2.05) is 0 Å². The minimum absolute atomic E-state index is 0.172. The number of likely N-dealkylation sites (tertiary alicyclic amines) is 1. The zero-order valence-corrected chi connectivity index (χ0v) is 11.4. The Balaban J connectivity index is 1.92. The van der Waals surface area contributed by atoms with Gasteiger partial charge in [-0.05, 0) is 6.42 Å². The number of likely N-dealkylation sites (N-methyl/N-ethyl adjacent to an activating group) is 1. The van der Waals surface area contributed by atoms with Gasteiger partial charge < -0.3 is 15.1 Å². The number of nitrogens with one attached hydrogen (secondary N) is 2. The van der Waals surface area contributed by atoms with E-state index in [1.54, 1.807) is 23.0 Å². The molecule has 0 aliphatic carbocycles. The van der Waals surface area contributed by atoms with Gasteiger partial charge in [-0.25, -0.2) is 15.8 Å². The van der Waals surface area contributed by atoms with Crippen LogP contribution in [0.4, 0.5) is 11.6 Å². The highest BCUT2D eigenvalue weighted by Gasteiger charge is 2.32. The Morgan fingerprint density at radius 3 is 3.00 bits per heavy atom. The predicted octanol–water partition coefficient (Wildman–Crippen LogP) is -0.426. The fourth-order valence-corrected chi connectivity index (χ4v) is 2.31. The van der Waals surface area contributed by atoms with E-state index in [9.17, 15) is 9.59 Å². The smallest absolute Gasteiger partial charge is 0.251 e. The molecule has 1 saturated heterocycles. The summed E-state index contributed by atoms with van der Waals surface area (Å²) in [4.78, 5) is 33.2. The van der Waals surface area contributed by atoms with Crippen LogP contribution in [0.25, 0.3) is 5.65 Å². The first-order valence-corrected chi connectivity index (χ1v) is 6.47. The maximum atomic E-state index is 12.1. The highest BCUT2D eigenvalue weighted by molar-refractivity contribution is 6.01. The summed E-state index contributed by atoms with van der Waals surface area (Å²) in [6, 6.07) is -0.506. The molecule has 3 heterocycles. The normalized spacial score (nSPS) is 19.1. The van der Waals surface area contributed by atoms with Crippen LogP contribution < -0.4 is 16.6 Å². The number of anilines is 2. The molecule has 0 aromatic carbocycles. The van der Waals surface area contributed by atoms with E-state index < -0.39 is 6.04 Å². The third kappa shape index (κ3) is 2.27. The molecule has 3 rings (SSSR count). The fraction of sp³-hybridized carbons (Fsp3) is 0.333. The number of carbonyl (C=O) groups is 2. The van der Waals surface area contributed by atoms with Crippen molar-refractivity contribution in [2.24, 2.45) is 5.84 Å². The van der Waals surface area contributed by atoms with Gasteiger partial charge in [-0.15, -0.1) is 0 Å². The minimum Gasteiger partial charge on any atom is -0.355 e. The fourth-order valence-electron chi connectivity index (χ4n) is 2.31. The average molecular weight is 289 g/mol. The van der Waals surface area contributed by atoms with E-state index in [0.717, 1.165) is 4.90 Å². The number of hydrazine groups is 1. The average Bonchev–Trinajstić information content (AvgIpc) is 2.96. The molecule has 1 unspecified atom stereocenters. The van der Waals surface area contributed by atoms with Crippen molar-refractivity contribution >= 4 is 29.1 Å². The largest absolute Gasteiger partial charge is 0.355 e. The number of nitrogen functional groups attached to an aromatic ring is 1. The quantitative estimate of drug-likeness (QED) is 0.399. The highest BCUT2D eigenvalue weighted by Crippen LogP contribution is 2.20. The number of carbonyl (C=O) groups excluding carboxylic acids is 2. The van der Waals surface area contributed by atoms with Crippen molar-refractivity contribution in [3.8, 4) is 0 Å². The molecule has 4 N–H and O–H groups in total. The molecule has 9 nitrogen and oxygen atoms in total. The molecular formula is C12H15N7O2. The molecule has 2 aromatic heterocycles. The molecule has 0 bridgehead atoms. The lowest BCUT2D eigenvalue weighted by Crippen LogP contribution is -2.48. The van der Waals surface area contributed by atoms with Crippen molar-refractivity contribution < 1.29 is 9.59 Å². The van der Waals surface area contributed by atoms with Gasteiger partial charge in [-0.3, -0.25) is 14.5 Å². The summed E-state index contributed by atoms with van der Waals surface area (Å²) >= 11 is 0. The Kier molecular flexibility index (Phi) is 3.18. The number of aromatic nitrogens is 3. The number of imide groups is 1. The summed E-state index contributed by atoms with van der Waals surface area (Å²) < 4.78 is 1.74. The Labute approximate surface area is 120 Å². The number of hydrogen-bond donors (Lipinski definition) is 3. The lowest BCUT2D eigenvalue weighted by molar-refractivity contribution is -0.146. The van der Waals surface area contributed by atoms with Crippen molar-refractivity contribution in [3.05, 3.63) is 18.6 Å². The molecular weight excluding hydrogens is 274 g/mol. The summed E-state index contributed by atoms with van der Waals surface area (Å²) in [6.07, 6.45) is 5.81. The highest BCUT2D eigenvalue weighted by atomic mass is 16.2.